The number of hydrogen-bond acceptors (Lipinski definition) is 3. The van der Waals surface area contributed by atoms with E-state index in [0.29, 0.717) is 25.1 Å². The van der Waals surface area contributed by atoms with Gasteiger partial charge in [0.1, 0.15) is 11.5 Å². The minimum atomic E-state index is -0.432. The van der Waals surface area contributed by atoms with E-state index in [1.54, 1.807) is 7.11 Å². The van der Waals surface area contributed by atoms with Crippen molar-refractivity contribution in [3.05, 3.63) is 29.8 Å². The molecule has 0 unspecified atom stereocenters. The fraction of sp³-hybridized carbons (Fsp3) is 0.400. The van der Waals surface area contributed by atoms with Gasteiger partial charge in [0.05, 0.1) is 6.20 Å². The van der Waals surface area contributed by atoms with Gasteiger partial charge >= 0.3 is 0 Å². The predicted molar refractivity (Wildman–Crippen MR) is 49.6 cm³/mol. The van der Waals surface area contributed by atoms with Crippen molar-refractivity contribution in [2.24, 2.45) is 0 Å². The molecule has 76 valence electrons. The molecule has 0 aliphatic heterocycles. The van der Waals surface area contributed by atoms with Gasteiger partial charge in [0, 0.05) is 20.1 Å². The summed E-state index contributed by atoms with van der Waals surface area (Å²) in [7, 11) is 1.58. The van der Waals surface area contributed by atoms with Gasteiger partial charge in [-0.1, -0.05) is 0 Å². The Balaban J connectivity index is 2.48. The highest BCUT2D eigenvalue weighted by molar-refractivity contribution is 5.94. The van der Waals surface area contributed by atoms with E-state index in [1.165, 1.54) is 12.1 Å². The summed E-state index contributed by atoms with van der Waals surface area (Å²) in [5, 5.41) is 0. The zero-order valence-corrected chi connectivity index (χ0v) is 8.00. The second-order valence-electron chi connectivity index (χ2n) is 2.88. The van der Waals surface area contributed by atoms with E-state index in [4.69, 9.17) is 4.74 Å². The number of aromatic nitrogens is 1. The van der Waals surface area contributed by atoms with Crippen molar-refractivity contribution in [2.45, 2.75) is 12.8 Å². The summed E-state index contributed by atoms with van der Waals surface area (Å²) in [6, 6.07) is 2.63. The number of pyridine rings is 1. The molecule has 1 rings (SSSR count). The van der Waals surface area contributed by atoms with Crippen molar-refractivity contribution in [1.29, 1.82) is 0 Å². The highest BCUT2D eigenvalue weighted by atomic mass is 19.1. The molecule has 0 saturated heterocycles. The van der Waals surface area contributed by atoms with Gasteiger partial charge in [-0.25, -0.2) is 4.39 Å². The van der Waals surface area contributed by atoms with Crippen LogP contribution in [0.15, 0.2) is 18.3 Å². The molecule has 0 saturated carbocycles. The standard InChI is InChI=1S/C10H12FNO2/c1-14-6-2-3-10(13)9-5-4-8(11)7-12-9/h4-5,7H,2-3,6H2,1H3. The fourth-order valence-corrected chi connectivity index (χ4v) is 1.05. The topological polar surface area (TPSA) is 39.2 Å². The monoisotopic (exact) mass is 197 g/mol. The van der Waals surface area contributed by atoms with Crippen LogP contribution in [0.25, 0.3) is 0 Å². The molecule has 0 amide bonds. The molecule has 0 aromatic carbocycles. The SMILES string of the molecule is COCCCC(=O)c1ccc(F)cn1. The number of Topliss-reactive ketones (excluding diaryl/α,β-unsaturated/α-hetero) is 1. The molecule has 1 aromatic rings. The Morgan fingerprint density at radius 1 is 1.57 bits per heavy atom. The molecule has 0 atom stereocenters. The lowest BCUT2D eigenvalue weighted by atomic mass is 10.1. The first-order valence-corrected chi connectivity index (χ1v) is 4.37. The van der Waals surface area contributed by atoms with E-state index < -0.39 is 5.82 Å². The Labute approximate surface area is 81.9 Å². The van der Waals surface area contributed by atoms with Gasteiger partial charge in [-0.3, -0.25) is 9.78 Å². The second-order valence-corrected chi connectivity index (χ2v) is 2.88. The molecule has 4 heteroatoms. The lowest BCUT2D eigenvalue weighted by Crippen LogP contribution is -2.03. The van der Waals surface area contributed by atoms with Gasteiger partial charge in [0.25, 0.3) is 0 Å². The lowest BCUT2D eigenvalue weighted by Gasteiger charge is -1.99. The third-order valence-electron chi connectivity index (χ3n) is 1.77. The zero-order valence-electron chi connectivity index (χ0n) is 8.00. The zero-order chi connectivity index (χ0) is 10.4. The molecule has 0 fully saturated rings. The molecular weight excluding hydrogens is 185 g/mol. The highest BCUT2D eigenvalue weighted by Gasteiger charge is 2.06. The molecule has 0 aliphatic carbocycles. The largest absolute Gasteiger partial charge is 0.385 e. The summed E-state index contributed by atoms with van der Waals surface area (Å²) in [6.45, 7) is 0.549. The van der Waals surface area contributed by atoms with Crippen LogP contribution >= 0.6 is 0 Å². The summed E-state index contributed by atoms with van der Waals surface area (Å²) in [4.78, 5) is 15.1. The van der Waals surface area contributed by atoms with Crippen LogP contribution in [-0.2, 0) is 4.74 Å². The second kappa shape index (κ2) is 5.44. The molecule has 3 nitrogen and oxygen atoms in total. The Hall–Kier alpha value is -1.29. The first kappa shape index (κ1) is 10.8. The normalized spacial score (nSPS) is 10.1. The molecular formula is C10H12FNO2. The highest BCUT2D eigenvalue weighted by Crippen LogP contribution is 2.03. The summed E-state index contributed by atoms with van der Waals surface area (Å²) in [6.07, 6.45) is 2.09. The van der Waals surface area contributed by atoms with E-state index in [-0.39, 0.29) is 5.78 Å². The number of ether oxygens (including phenoxy) is 1. The van der Waals surface area contributed by atoms with E-state index in [1.807, 2.05) is 0 Å². The van der Waals surface area contributed by atoms with Crippen LogP contribution in [0.4, 0.5) is 4.39 Å². The van der Waals surface area contributed by atoms with Gasteiger partial charge in [0.2, 0.25) is 0 Å². The Kier molecular flexibility index (Phi) is 4.19. The number of halogens is 1. The van der Waals surface area contributed by atoms with Crippen molar-refractivity contribution >= 4 is 5.78 Å². The Bertz CT molecular complexity index is 297. The third-order valence-corrected chi connectivity index (χ3v) is 1.77. The van der Waals surface area contributed by atoms with Gasteiger partial charge < -0.3 is 4.74 Å². The maximum atomic E-state index is 12.5. The predicted octanol–water partition coefficient (Wildman–Crippen LogP) is 1.83. The Morgan fingerprint density at radius 2 is 2.36 bits per heavy atom. The minimum absolute atomic E-state index is 0.0814. The molecule has 0 spiro atoms. The van der Waals surface area contributed by atoms with Crippen molar-refractivity contribution in [3.8, 4) is 0 Å². The molecule has 1 aromatic heterocycles. The summed E-state index contributed by atoms with van der Waals surface area (Å²) < 4.78 is 17.3. The van der Waals surface area contributed by atoms with Gasteiger partial charge in [-0.05, 0) is 18.6 Å². The van der Waals surface area contributed by atoms with Gasteiger partial charge in [0.15, 0.2) is 5.78 Å². The molecule has 0 N–H and O–H groups in total. The summed E-state index contributed by atoms with van der Waals surface area (Å²) in [5.41, 5.74) is 0.308. The molecule has 0 radical (unpaired) electrons. The third kappa shape index (κ3) is 3.22. The van der Waals surface area contributed by atoms with Crippen LogP contribution < -0.4 is 0 Å². The van der Waals surface area contributed by atoms with Crippen LogP contribution in [0.3, 0.4) is 0 Å². The lowest BCUT2D eigenvalue weighted by molar-refractivity contribution is 0.0958. The van der Waals surface area contributed by atoms with Gasteiger partial charge in [-0.15, -0.1) is 0 Å². The van der Waals surface area contributed by atoms with Crippen molar-refractivity contribution in [1.82, 2.24) is 4.98 Å². The summed E-state index contributed by atoms with van der Waals surface area (Å²) >= 11 is 0. The molecule has 14 heavy (non-hydrogen) atoms. The summed E-state index contributed by atoms with van der Waals surface area (Å²) in [5.74, 6) is -0.513. The molecule has 1 heterocycles. The average molecular weight is 197 g/mol. The smallest absolute Gasteiger partial charge is 0.181 e. The number of ketones is 1. The van der Waals surface area contributed by atoms with Crippen LogP contribution in [0.1, 0.15) is 23.3 Å². The fourth-order valence-electron chi connectivity index (χ4n) is 1.05. The van der Waals surface area contributed by atoms with E-state index in [2.05, 4.69) is 4.98 Å². The quantitative estimate of drug-likeness (QED) is 0.534. The van der Waals surface area contributed by atoms with E-state index in [9.17, 15) is 9.18 Å². The first-order valence-electron chi connectivity index (χ1n) is 4.37. The van der Waals surface area contributed by atoms with Crippen LogP contribution in [0.2, 0.25) is 0 Å². The maximum Gasteiger partial charge on any atom is 0.181 e. The molecule has 0 aliphatic rings. The Morgan fingerprint density at radius 3 is 2.93 bits per heavy atom. The minimum Gasteiger partial charge on any atom is -0.385 e. The van der Waals surface area contributed by atoms with Crippen LogP contribution in [-0.4, -0.2) is 24.5 Å². The molecule has 0 bridgehead atoms. The number of rotatable bonds is 5. The van der Waals surface area contributed by atoms with Crippen molar-refractivity contribution in [3.63, 3.8) is 0 Å². The first-order chi connectivity index (χ1) is 6.74. The van der Waals surface area contributed by atoms with E-state index in [0.717, 1.165) is 6.20 Å². The average Bonchev–Trinajstić information content (AvgIpc) is 2.19. The van der Waals surface area contributed by atoms with Crippen LogP contribution in [0, 0.1) is 5.82 Å². The van der Waals surface area contributed by atoms with Gasteiger partial charge in [-0.2, -0.15) is 0 Å². The number of nitrogens with zero attached hydrogens (tertiary/aromatic N) is 1. The number of hydrogen-bond donors (Lipinski definition) is 0. The maximum absolute atomic E-state index is 12.5. The van der Waals surface area contributed by atoms with Crippen molar-refractivity contribution in [2.75, 3.05) is 13.7 Å². The van der Waals surface area contributed by atoms with Crippen molar-refractivity contribution < 1.29 is 13.9 Å². The number of methoxy groups -OCH3 is 1. The van der Waals surface area contributed by atoms with E-state index >= 15 is 0 Å². The number of carbonyl (C=O) groups excluding carboxylic acids is 1. The number of carbonyl (C=O) groups is 1. The van der Waals surface area contributed by atoms with Crippen LogP contribution in [0.5, 0.6) is 0 Å².